The van der Waals surface area contributed by atoms with Crippen molar-refractivity contribution < 1.29 is 4.79 Å². The molecule has 3 N–H and O–H groups in total. The second-order valence-electron chi connectivity index (χ2n) is 2.93. The predicted octanol–water partition coefficient (Wildman–Crippen LogP) is 1.49. The van der Waals surface area contributed by atoms with Crippen LogP contribution in [-0.4, -0.2) is 19.0 Å². The van der Waals surface area contributed by atoms with E-state index in [1.165, 1.54) is 5.56 Å². The van der Waals surface area contributed by atoms with Crippen molar-refractivity contribution >= 4 is 34.2 Å². The molecule has 0 radical (unpaired) electrons. The van der Waals surface area contributed by atoms with E-state index in [2.05, 4.69) is 21.2 Å². The van der Waals surface area contributed by atoms with Gasteiger partial charge < -0.3 is 11.1 Å². The van der Waals surface area contributed by atoms with Gasteiger partial charge in [-0.25, -0.2) is 0 Å². The summed E-state index contributed by atoms with van der Waals surface area (Å²) < 4.78 is 1.06. The first kappa shape index (κ1) is 14.4. The zero-order valence-corrected chi connectivity index (χ0v) is 10.6. The van der Waals surface area contributed by atoms with E-state index in [0.717, 1.165) is 10.9 Å². The highest BCUT2D eigenvalue weighted by atomic mass is 79.9. The number of nitrogens with one attached hydrogen (secondary N) is 1. The van der Waals surface area contributed by atoms with Crippen molar-refractivity contribution in [3.8, 4) is 0 Å². The number of hydrogen-bond acceptors (Lipinski definition) is 2. The number of amides is 1. The average Bonchev–Trinajstić information content (AvgIpc) is 2.21. The van der Waals surface area contributed by atoms with Crippen LogP contribution in [0.1, 0.15) is 5.56 Å². The molecule has 1 amide bonds. The number of halogens is 2. The van der Waals surface area contributed by atoms with E-state index in [1.807, 2.05) is 24.3 Å². The van der Waals surface area contributed by atoms with Crippen LogP contribution in [0.15, 0.2) is 28.7 Å². The van der Waals surface area contributed by atoms with Gasteiger partial charge >= 0.3 is 0 Å². The van der Waals surface area contributed by atoms with Gasteiger partial charge in [-0.1, -0.05) is 28.1 Å². The van der Waals surface area contributed by atoms with E-state index < -0.39 is 0 Å². The summed E-state index contributed by atoms with van der Waals surface area (Å²) in [5.74, 6) is -0.109. The van der Waals surface area contributed by atoms with Crippen LogP contribution >= 0.6 is 28.3 Å². The zero-order valence-electron chi connectivity index (χ0n) is 8.20. The first-order valence-electron chi connectivity index (χ1n) is 4.43. The van der Waals surface area contributed by atoms with Crippen LogP contribution < -0.4 is 11.1 Å². The molecule has 1 aromatic rings. The van der Waals surface area contributed by atoms with Gasteiger partial charge in [-0.3, -0.25) is 4.79 Å². The van der Waals surface area contributed by atoms with Crippen molar-refractivity contribution in [2.75, 3.05) is 13.1 Å². The normalized spacial score (nSPS) is 9.20. The topological polar surface area (TPSA) is 55.1 Å². The summed E-state index contributed by atoms with van der Waals surface area (Å²) in [6.07, 6.45) is 0.832. The molecule has 0 fully saturated rings. The maximum absolute atomic E-state index is 10.8. The largest absolute Gasteiger partial charge is 0.355 e. The molecule has 0 saturated carbocycles. The molecule has 0 saturated heterocycles. The van der Waals surface area contributed by atoms with Crippen molar-refractivity contribution in [1.82, 2.24) is 5.32 Å². The fourth-order valence-corrected chi connectivity index (χ4v) is 1.33. The first-order valence-corrected chi connectivity index (χ1v) is 5.23. The third-order valence-electron chi connectivity index (χ3n) is 1.83. The zero-order chi connectivity index (χ0) is 10.4. The molecule has 0 aliphatic carbocycles. The number of rotatable bonds is 4. The molecule has 84 valence electrons. The molecular formula is C10H14BrClN2O. The fraction of sp³-hybridized carbons (Fsp3) is 0.300. The van der Waals surface area contributed by atoms with Crippen LogP contribution in [0.3, 0.4) is 0 Å². The lowest BCUT2D eigenvalue weighted by molar-refractivity contribution is -0.119. The summed E-state index contributed by atoms with van der Waals surface area (Å²) >= 11 is 3.36. The van der Waals surface area contributed by atoms with Crippen molar-refractivity contribution in [2.24, 2.45) is 5.73 Å². The molecule has 1 aromatic carbocycles. The minimum atomic E-state index is -0.109. The third-order valence-corrected chi connectivity index (χ3v) is 2.36. The molecule has 15 heavy (non-hydrogen) atoms. The number of carbonyl (C=O) groups is 1. The number of nitrogens with two attached hydrogens (primary N) is 1. The van der Waals surface area contributed by atoms with Crippen LogP contribution in [0.2, 0.25) is 0 Å². The third kappa shape index (κ3) is 5.77. The van der Waals surface area contributed by atoms with Crippen LogP contribution in [0.25, 0.3) is 0 Å². The Bertz CT molecular complexity index is 303. The molecule has 0 aliphatic rings. The highest BCUT2D eigenvalue weighted by Crippen LogP contribution is 2.10. The van der Waals surface area contributed by atoms with Gasteiger partial charge in [-0.2, -0.15) is 0 Å². The quantitative estimate of drug-likeness (QED) is 0.884. The van der Waals surface area contributed by atoms with E-state index in [1.54, 1.807) is 0 Å². The van der Waals surface area contributed by atoms with Crippen LogP contribution in [0.4, 0.5) is 0 Å². The molecule has 3 nitrogen and oxygen atoms in total. The van der Waals surface area contributed by atoms with Gasteiger partial charge in [-0.05, 0) is 24.1 Å². The molecule has 0 unspecified atom stereocenters. The van der Waals surface area contributed by atoms with Crippen LogP contribution in [0.5, 0.6) is 0 Å². The number of carbonyl (C=O) groups excluding carboxylic acids is 1. The Kier molecular flexibility index (Phi) is 7.38. The van der Waals surface area contributed by atoms with Crippen molar-refractivity contribution in [3.05, 3.63) is 34.3 Å². The molecular weight excluding hydrogens is 279 g/mol. The Morgan fingerprint density at radius 3 is 2.47 bits per heavy atom. The van der Waals surface area contributed by atoms with Gasteiger partial charge in [0.1, 0.15) is 0 Å². The molecule has 0 bridgehead atoms. The van der Waals surface area contributed by atoms with Gasteiger partial charge in [0.25, 0.3) is 0 Å². The second kappa shape index (κ2) is 7.68. The average molecular weight is 294 g/mol. The van der Waals surface area contributed by atoms with Gasteiger partial charge in [-0.15, -0.1) is 12.4 Å². The molecule has 0 atom stereocenters. The van der Waals surface area contributed by atoms with E-state index in [0.29, 0.717) is 6.54 Å². The summed E-state index contributed by atoms with van der Waals surface area (Å²) in [6, 6.07) is 8.03. The summed E-state index contributed by atoms with van der Waals surface area (Å²) in [7, 11) is 0. The SMILES string of the molecule is Cl.NCC(=O)NCCc1ccc(Br)cc1. The Balaban J connectivity index is 0.00000196. The lowest BCUT2D eigenvalue weighted by atomic mass is 10.1. The molecule has 0 aliphatic heterocycles. The number of benzene rings is 1. The van der Waals surface area contributed by atoms with E-state index in [9.17, 15) is 4.79 Å². The maximum Gasteiger partial charge on any atom is 0.233 e. The Morgan fingerprint density at radius 1 is 1.33 bits per heavy atom. The standard InChI is InChI=1S/C10H13BrN2O.ClH/c11-9-3-1-8(2-4-9)5-6-13-10(14)7-12;/h1-4H,5-7,12H2,(H,13,14);1H. The highest BCUT2D eigenvalue weighted by molar-refractivity contribution is 9.10. The summed E-state index contributed by atoms with van der Waals surface area (Å²) in [5, 5.41) is 2.72. The van der Waals surface area contributed by atoms with Gasteiger partial charge in [0, 0.05) is 11.0 Å². The molecule has 0 aromatic heterocycles. The van der Waals surface area contributed by atoms with E-state index in [-0.39, 0.29) is 24.9 Å². The van der Waals surface area contributed by atoms with E-state index in [4.69, 9.17) is 5.73 Å². The Morgan fingerprint density at radius 2 is 1.93 bits per heavy atom. The van der Waals surface area contributed by atoms with Gasteiger partial charge in [0.15, 0.2) is 0 Å². The summed E-state index contributed by atoms with van der Waals surface area (Å²) in [6.45, 7) is 0.692. The Hall–Kier alpha value is -0.580. The van der Waals surface area contributed by atoms with Crippen molar-refractivity contribution in [1.29, 1.82) is 0 Å². The van der Waals surface area contributed by atoms with Crippen molar-refractivity contribution in [2.45, 2.75) is 6.42 Å². The molecule has 0 heterocycles. The fourth-order valence-electron chi connectivity index (χ4n) is 1.07. The molecule has 0 spiro atoms. The minimum absolute atomic E-state index is 0. The monoisotopic (exact) mass is 292 g/mol. The lowest BCUT2D eigenvalue weighted by Gasteiger charge is -2.03. The van der Waals surface area contributed by atoms with Crippen LogP contribution in [0, 0.1) is 0 Å². The summed E-state index contributed by atoms with van der Waals surface area (Å²) in [5.41, 5.74) is 6.35. The minimum Gasteiger partial charge on any atom is -0.355 e. The first-order chi connectivity index (χ1) is 6.72. The smallest absolute Gasteiger partial charge is 0.233 e. The lowest BCUT2D eigenvalue weighted by Crippen LogP contribution is -2.31. The van der Waals surface area contributed by atoms with Gasteiger partial charge in [0.05, 0.1) is 6.54 Å². The summed E-state index contributed by atoms with van der Waals surface area (Å²) in [4.78, 5) is 10.8. The van der Waals surface area contributed by atoms with Crippen LogP contribution in [-0.2, 0) is 11.2 Å². The van der Waals surface area contributed by atoms with Crippen molar-refractivity contribution in [3.63, 3.8) is 0 Å². The second-order valence-corrected chi connectivity index (χ2v) is 3.85. The predicted molar refractivity (Wildman–Crippen MR) is 67.2 cm³/mol. The Labute approximate surface area is 104 Å². The maximum atomic E-state index is 10.8. The molecule has 5 heteroatoms. The highest BCUT2D eigenvalue weighted by Gasteiger charge is 1.96. The number of hydrogen-bond donors (Lipinski definition) is 2. The van der Waals surface area contributed by atoms with Gasteiger partial charge in [0.2, 0.25) is 5.91 Å². The molecule has 1 rings (SSSR count). The van der Waals surface area contributed by atoms with E-state index >= 15 is 0 Å².